The SMILES string of the molecule is C=CCOc1cccc(-c2nc(-c3c(Cl)cc(O)cc3Cl)n(O)c2-c2ccnc(SC)n2)c1. The van der Waals surface area contributed by atoms with E-state index in [2.05, 4.69) is 21.5 Å². The molecule has 2 N–H and O–H groups in total. The molecule has 2 aromatic carbocycles. The van der Waals surface area contributed by atoms with E-state index in [1.54, 1.807) is 24.4 Å². The van der Waals surface area contributed by atoms with E-state index in [1.807, 2.05) is 24.5 Å². The van der Waals surface area contributed by atoms with Crippen LogP contribution in [0.15, 0.2) is 66.5 Å². The summed E-state index contributed by atoms with van der Waals surface area (Å²) in [6.45, 7) is 4.01. The van der Waals surface area contributed by atoms with E-state index >= 15 is 0 Å². The van der Waals surface area contributed by atoms with Crippen LogP contribution in [0.2, 0.25) is 10.0 Å². The van der Waals surface area contributed by atoms with Crippen LogP contribution in [-0.2, 0) is 0 Å². The van der Waals surface area contributed by atoms with Crippen molar-refractivity contribution in [3.63, 3.8) is 0 Å². The van der Waals surface area contributed by atoms with Crippen molar-refractivity contribution in [3.8, 4) is 45.5 Å². The van der Waals surface area contributed by atoms with Crippen molar-refractivity contribution in [2.24, 2.45) is 0 Å². The van der Waals surface area contributed by atoms with Crippen molar-refractivity contribution in [1.29, 1.82) is 0 Å². The molecular formula is C23H18Cl2N4O3S. The third kappa shape index (κ3) is 4.64. The Hall–Kier alpha value is -3.20. The van der Waals surface area contributed by atoms with Crippen molar-refractivity contribution >= 4 is 35.0 Å². The molecule has 0 saturated carbocycles. The topological polar surface area (TPSA) is 93.3 Å². The number of imidazole rings is 1. The first-order valence-electron chi connectivity index (χ1n) is 9.64. The van der Waals surface area contributed by atoms with Gasteiger partial charge in [0.15, 0.2) is 11.0 Å². The highest BCUT2D eigenvalue weighted by Crippen LogP contribution is 2.41. The molecule has 7 nitrogen and oxygen atoms in total. The Balaban J connectivity index is 1.98. The Labute approximate surface area is 204 Å². The van der Waals surface area contributed by atoms with Gasteiger partial charge in [-0.05, 0) is 36.6 Å². The van der Waals surface area contributed by atoms with Gasteiger partial charge in [0, 0.05) is 11.8 Å². The molecule has 10 heteroatoms. The predicted molar refractivity (Wildman–Crippen MR) is 130 cm³/mol. The summed E-state index contributed by atoms with van der Waals surface area (Å²) in [5, 5.41) is 21.8. The average molecular weight is 501 g/mol. The fraction of sp³-hybridized carbons (Fsp3) is 0.0870. The van der Waals surface area contributed by atoms with E-state index in [9.17, 15) is 10.3 Å². The summed E-state index contributed by atoms with van der Waals surface area (Å²) in [6.07, 6.45) is 5.12. The number of nitrogens with zero attached hydrogens (tertiary/aromatic N) is 4. The number of aromatic nitrogens is 4. The minimum Gasteiger partial charge on any atom is -0.508 e. The third-order valence-corrected chi connectivity index (χ3v) is 5.80. The normalized spacial score (nSPS) is 10.9. The first kappa shape index (κ1) is 23.0. The van der Waals surface area contributed by atoms with Crippen LogP contribution in [0.3, 0.4) is 0 Å². The minimum absolute atomic E-state index is 0.0942. The summed E-state index contributed by atoms with van der Waals surface area (Å²) < 4.78 is 6.55. The molecule has 2 heterocycles. The van der Waals surface area contributed by atoms with Gasteiger partial charge in [-0.2, -0.15) is 4.73 Å². The first-order valence-corrected chi connectivity index (χ1v) is 11.6. The molecular weight excluding hydrogens is 483 g/mol. The highest BCUT2D eigenvalue weighted by atomic mass is 35.5. The van der Waals surface area contributed by atoms with E-state index in [1.165, 1.54) is 23.9 Å². The van der Waals surface area contributed by atoms with E-state index in [-0.39, 0.29) is 27.2 Å². The van der Waals surface area contributed by atoms with Crippen LogP contribution in [0.4, 0.5) is 0 Å². The number of hydrogen-bond donors (Lipinski definition) is 2. The van der Waals surface area contributed by atoms with Gasteiger partial charge in [-0.3, -0.25) is 0 Å². The standard InChI is InChI=1S/C23H18Cl2N4O3S/c1-3-9-32-15-6-4-5-13(10-15)20-21(18-7-8-26-23(27-18)33-2)29(31)22(28-20)19-16(24)11-14(30)12-17(19)25/h3-8,10-12,30-31H,1,9H2,2H3. The second-order valence-electron chi connectivity index (χ2n) is 6.78. The zero-order valence-electron chi connectivity index (χ0n) is 17.4. The Kier molecular flexibility index (Phi) is 6.78. The van der Waals surface area contributed by atoms with Crippen LogP contribution in [0.1, 0.15) is 0 Å². The average Bonchev–Trinajstić information content (AvgIpc) is 3.14. The Morgan fingerprint density at radius 1 is 1.15 bits per heavy atom. The molecule has 0 atom stereocenters. The second-order valence-corrected chi connectivity index (χ2v) is 8.37. The first-order chi connectivity index (χ1) is 15.9. The highest BCUT2D eigenvalue weighted by Gasteiger charge is 2.25. The summed E-state index contributed by atoms with van der Waals surface area (Å²) in [5.41, 5.74) is 2.15. The van der Waals surface area contributed by atoms with Gasteiger partial charge in [-0.15, -0.1) is 0 Å². The maximum absolute atomic E-state index is 11.2. The summed E-state index contributed by atoms with van der Waals surface area (Å²) in [5.74, 6) is 0.607. The quantitative estimate of drug-likeness (QED) is 0.135. The van der Waals surface area contributed by atoms with Crippen molar-refractivity contribution in [2.75, 3.05) is 12.9 Å². The molecule has 4 aromatic rings. The molecule has 4 rings (SSSR count). The summed E-state index contributed by atoms with van der Waals surface area (Å²) in [7, 11) is 0. The molecule has 0 aliphatic heterocycles. The van der Waals surface area contributed by atoms with Gasteiger partial charge in [0.1, 0.15) is 29.5 Å². The number of ether oxygens (including phenoxy) is 1. The fourth-order valence-corrected chi connectivity index (χ4v) is 4.24. The Morgan fingerprint density at radius 3 is 2.61 bits per heavy atom. The molecule has 2 aromatic heterocycles. The molecule has 0 aliphatic rings. The molecule has 0 amide bonds. The maximum atomic E-state index is 11.2. The number of rotatable bonds is 7. The lowest BCUT2D eigenvalue weighted by Gasteiger charge is -2.09. The lowest BCUT2D eigenvalue weighted by atomic mass is 10.1. The van der Waals surface area contributed by atoms with Gasteiger partial charge in [0.2, 0.25) is 0 Å². The van der Waals surface area contributed by atoms with Gasteiger partial charge in [-0.25, -0.2) is 15.0 Å². The molecule has 0 radical (unpaired) electrons. The number of halogens is 2. The number of benzene rings is 2. The van der Waals surface area contributed by atoms with E-state index in [0.717, 1.165) is 4.73 Å². The third-order valence-electron chi connectivity index (χ3n) is 4.64. The molecule has 0 bridgehead atoms. The van der Waals surface area contributed by atoms with Gasteiger partial charge >= 0.3 is 0 Å². The van der Waals surface area contributed by atoms with Crippen LogP contribution in [0.25, 0.3) is 34.0 Å². The van der Waals surface area contributed by atoms with Crippen LogP contribution in [0, 0.1) is 0 Å². The zero-order valence-corrected chi connectivity index (χ0v) is 19.7. The smallest absolute Gasteiger partial charge is 0.187 e. The summed E-state index contributed by atoms with van der Waals surface area (Å²) in [6, 6.07) is 11.6. The van der Waals surface area contributed by atoms with Crippen LogP contribution in [0.5, 0.6) is 11.5 Å². The number of phenolic OH excluding ortho intramolecular Hbond substituents is 1. The van der Waals surface area contributed by atoms with Crippen LogP contribution >= 0.6 is 35.0 Å². The Bertz CT molecular complexity index is 1320. The molecule has 0 unspecified atom stereocenters. The number of thioether (sulfide) groups is 1. The number of hydrogen-bond acceptors (Lipinski definition) is 7. The molecule has 0 fully saturated rings. The molecule has 0 spiro atoms. The monoisotopic (exact) mass is 500 g/mol. The van der Waals surface area contributed by atoms with Crippen molar-refractivity contribution < 1.29 is 15.1 Å². The largest absolute Gasteiger partial charge is 0.508 e. The summed E-state index contributed by atoms with van der Waals surface area (Å²) in [4.78, 5) is 13.4. The van der Waals surface area contributed by atoms with Crippen molar-refractivity contribution in [3.05, 3.63) is 71.4 Å². The lowest BCUT2D eigenvalue weighted by molar-refractivity contribution is 0.195. The van der Waals surface area contributed by atoms with Crippen molar-refractivity contribution in [1.82, 2.24) is 19.7 Å². The molecule has 168 valence electrons. The summed E-state index contributed by atoms with van der Waals surface area (Å²) >= 11 is 14.1. The number of phenols is 1. The van der Waals surface area contributed by atoms with Gasteiger partial charge in [0.25, 0.3) is 0 Å². The fourth-order valence-electron chi connectivity index (χ4n) is 3.24. The highest BCUT2D eigenvalue weighted by molar-refractivity contribution is 7.98. The van der Waals surface area contributed by atoms with E-state index in [0.29, 0.717) is 40.2 Å². The molecule has 0 saturated heterocycles. The molecule has 0 aliphatic carbocycles. The van der Waals surface area contributed by atoms with Crippen LogP contribution in [-0.4, -0.2) is 42.9 Å². The second kappa shape index (κ2) is 9.74. The minimum atomic E-state index is -0.0993. The molecule has 33 heavy (non-hydrogen) atoms. The van der Waals surface area contributed by atoms with Crippen LogP contribution < -0.4 is 4.74 Å². The lowest BCUT2D eigenvalue weighted by Crippen LogP contribution is -2.00. The Morgan fingerprint density at radius 2 is 1.91 bits per heavy atom. The number of aromatic hydroxyl groups is 1. The van der Waals surface area contributed by atoms with Gasteiger partial charge < -0.3 is 15.1 Å². The van der Waals surface area contributed by atoms with Gasteiger partial charge in [-0.1, -0.05) is 59.8 Å². The van der Waals surface area contributed by atoms with Gasteiger partial charge in [0.05, 0.1) is 21.3 Å². The predicted octanol–water partition coefficient (Wildman–Crippen LogP) is 6.21. The maximum Gasteiger partial charge on any atom is 0.187 e. The zero-order chi connectivity index (χ0) is 23.5. The van der Waals surface area contributed by atoms with E-state index in [4.69, 9.17) is 27.9 Å². The van der Waals surface area contributed by atoms with E-state index < -0.39 is 0 Å². The van der Waals surface area contributed by atoms with Crippen molar-refractivity contribution in [2.45, 2.75) is 5.16 Å².